The second kappa shape index (κ2) is 4.77. The van der Waals surface area contributed by atoms with Gasteiger partial charge in [-0.2, -0.15) is 10.1 Å². The van der Waals surface area contributed by atoms with Crippen LogP contribution in [0.2, 0.25) is 5.02 Å². The largest absolute Gasteiger partial charge is 0.299 e. The lowest BCUT2D eigenvalue weighted by Gasteiger charge is -2.34. The van der Waals surface area contributed by atoms with Crippen LogP contribution in [-0.2, 0) is 4.79 Å². The van der Waals surface area contributed by atoms with E-state index in [0.717, 1.165) is 24.1 Å². The molecular weight excluding hydrogens is 288 g/mol. The second-order valence-electron chi connectivity index (χ2n) is 5.40. The fraction of sp³-hybridized carbons (Fsp3) is 0.333. The van der Waals surface area contributed by atoms with E-state index in [9.17, 15) is 4.79 Å². The highest BCUT2D eigenvalue weighted by molar-refractivity contribution is 6.30. The maximum absolute atomic E-state index is 12.4. The average Bonchev–Trinajstić information content (AvgIpc) is 2.94. The van der Waals surface area contributed by atoms with Crippen molar-refractivity contribution in [2.75, 3.05) is 0 Å². The van der Waals surface area contributed by atoms with Crippen molar-refractivity contribution in [3.8, 4) is 0 Å². The lowest BCUT2D eigenvalue weighted by atomic mass is 9.78. The van der Waals surface area contributed by atoms with E-state index in [2.05, 4.69) is 15.1 Å². The number of benzene rings is 1. The van der Waals surface area contributed by atoms with E-state index < -0.39 is 0 Å². The first-order valence-corrected chi connectivity index (χ1v) is 7.37. The van der Waals surface area contributed by atoms with Crippen molar-refractivity contribution in [2.45, 2.75) is 25.3 Å². The molecule has 0 amide bonds. The molecule has 2 unspecified atom stereocenters. The number of ketones is 1. The molecule has 0 spiro atoms. The number of nitrogens with zero attached hydrogens (tertiary/aromatic N) is 4. The number of rotatable bonds is 1. The standard InChI is InChI=1S/C15H13ClN4O/c16-10-6-4-9(5-7-10)14-13-11(2-1-3-12(13)21)19-15-17-8-18-20(14)15/h4-8,13-14H,1-3H2. The third-order valence-electron chi connectivity index (χ3n) is 4.15. The van der Waals surface area contributed by atoms with Crippen molar-refractivity contribution >= 4 is 29.0 Å². The van der Waals surface area contributed by atoms with Gasteiger partial charge in [-0.05, 0) is 30.5 Å². The Kier molecular flexibility index (Phi) is 2.89. The second-order valence-corrected chi connectivity index (χ2v) is 5.84. The number of carbonyl (C=O) groups is 1. The Labute approximate surface area is 126 Å². The number of hydrogen-bond donors (Lipinski definition) is 0. The van der Waals surface area contributed by atoms with Crippen molar-refractivity contribution < 1.29 is 4.79 Å². The molecule has 1 fully saturated rings. The molecule has 2 atom stereocenters. The SMILES string of the molecule is O=C1CCCC2=Nc3ncnn3C(c3ccc(Cl)cc3)C12. The molecule has 2 aromatic rings. The molecule has 6 heteroatoms. The summed E-state index contributed by atoms with van der Waals surface area (Å²) in [6.45, 7) is 0. The molecule has 1 aromatic carbocycles. The van der Waals surface area contributed by atoms with Crippen molar-refractivity contribution in [3.05, 3.63) is 41.2 Å². The molecule has 1 aromatic heterocycles. The maximum atomic E-state index is 12.4. The molecule has 106 valence electrons. The van der Waals surface area contributed by atoms with Gasteiger partial charge in [-0.15, -0.1) is 0 Å². The smallest absolute Gasteiger partial charge is 0.248 e. The summed E-state index contributed by atoms with van der Waals surface area (Å²) in [6, 6.07) is 7.41. The van der Waals surface area contributed by atoms with Crippen molar-refractivity contribution in [3.63, 3.8) is 0 Å². The monoisotopic (exact) mass is 300 g/mol. The van der Waals surface area contributed by atoms with Crippen LogP contribution in [0.4, 0.5) is 5.95 Å². The highest BCUT2D eigenvalue weighted by Crippen LogP contribution is 2.39. The van der Waals surface area contributed by atoms with Gasteiger partial charge in [-0.25, -0.2) is 9.67 Å². The van der Waals surface area contributed by atoms with E-state index in [-0.39, 0.29) is 17.7 Å². The predicted molar refractivity (Wildman–Crippen MR) is 79.1 cm³/mol. The molecule has 2 aliphatic rings. The van der Waals surface area contributed by atoms with Crippen LogP contribution in [0.1, 0.15) is 30.9 Å². The number of hydrogen-bond acceptors (Lipinski definition) is 4. The summed E-state index contributed by atoms with van der Waals surface area (Å²) in [7, 11) is 0. The Balaban J connectivity index is 1.88. The molecule has 21 heavy (non-hydrogen) atoms. The summed E-state index contributed by atoms with van der Waals surface area (Å²) < 4.78 is 1.75. The number of Topliss-reactive ketones (excluding diaryl/α,β-unsaturated/α-hetero) is 1. The van der Waals surface area contributed by atoms with Gasteiger partial charge in [0, 0.05) is 17.2 Å². The maximum Gasteiger partial charge on any atom is 0.248 e. The van der Waals surface area contributed by atoms with Gasteiger partial charge in [-0.3, -0.25) is 4.79 Å². The summed E-state index contributed by atoms with van der Waals surface area (Å²) in [5, 5.41) is 4.95. The molecule has 1 saturated carbocycles. The van der Waals surface area contributed by atoms with Gasteiger partial charge in [0.2, 0.25) is 5.95 Å². The van der Waals surface area contributed by atoms with E-state index in [0.29, 0.717) is 17.4 Å². The lowest BCUT2D eigenvalue weighted by Crippen LogP contribution is -2.39. The summed E-state index contributed by atoms with van der Waals surface area (Å²) in [6.07, 6.45) is 3.82. The number of carbonyl (C=O) groups excluding carboxylic acids is 1. The van der Waals surface area contributed by atoms with E-state index in [1.54, 1.807) is 4.68 Å². The summed E-state index contributed by atoms with van der Waals surface area (Å²) in [5.41, 5.74) is 1.95. The fourth-order valence-electron chi connectivity index (χ4n) is 3.21. The highest BCUT2D eigenvalue weighted by Gasteiger charge is 2.41. The minimum atomic E-state index is -0.228. The summed E-state index contributed by atoms with van der Waals surface area (Å²) in [4.78, 5) is 21.2. The van der Waals surface area contributed by atoms with E-state index in [1.807, 2.05) is 24.3 Å². The van der Waals surface area contributed by atoms with Gasteiger partial charge in [0.1, 0.15) is 12.1 Å². The Morgan fingerprint density at radius 1 is 1.19 bits per heavy atom. The molecule has 0 radical (unpaired) electrons. The average molecular weight is 301 g/mol. The molecule has 2 heterocycles. The Morgan fingerprint density at radius 3 is 2.81 bits per heavy atom. The molecule has 4 rings (SSSR count). The van der Waals surface area contributed by atoms with Crippen LogP contribution < -0.4 is 0 Å². The number of halogens is 1. The number of aromatic nitrogens is 3. The number of fused-ring (bicyclic) bond motifs is 2. The zero-order valence-electron chi connectivity index (χ0n) is 11.2. The molecule has 0 N–H and O–H groups in total. The van der Waals surface area contributed by atoms with Gasteiger partial charge in [0.05, 0.1) is 12.0 Å². The van der Waals surface area contributed by atoms with Gasteiger partial charge in [0.25, 0.3) is 0 Å². The first-order valence-electron chi connectivity index (χ1n) is 6.99. The first kappa shape index (κ1) is 12.7. The zero-order valence-corrected chi connectivity index (χ0v) is 12.0. The van der Waals surface area contributed by atoms with Crippen LogP contribution in [0.15, 0.2) is 35.6 Å². The fourth-order valence-corrected chi connectivity index (χ4v) is 3.33. The molecule has 1 aliphatic carbocycles. The normalized spacial score (nSPS) is 24.2. The van der Waals surface area contributed by atoms with Crippen LogP contribution in [-0.4, -0.2) is 26.3 Å². The van der Waals surface area contributed by atoms with Gasteiger partial charge in [0.15, 0.2) is 0 Å². The first-order chi connectivity index (χ1) is 10.2. The van der Waals surface area contributed by atoms with Crippen molar-refractivity contribution in [1.29, 1.82) is 0 Å². The van der Waals surface area contributed by atoms with Gasteiger partial charge in [-0.1, -0.05) is 23.7 Å². The molecular formula is C15H13ClN4O. The zero-order chi connectivity index (χ0) is 14.4. The van der Waals surface area contributed by atoms with Crippen molar-refractivity contribution in [2.24, 2.45) is 10.9 Å². The van der Waals surface area contributed by atoms with E-state index >= 15 is 0 Å². The molecule has 0 saturated heterocycles. The van der Waals surface area contributed by atoms with Crippen molar-refractivity contribution in [1.82, 2.24) is 14.8 Å². The highest BCUT2D eigenvalue weighted by atomic mass is 35.5. The van der Waals surface area contributed by atoms with E-state index in [4.69, 9.17) is 11.6 Å². The summed E-state index contributed by atoms with van der Waals surface area (Å²) >= 11 is 5.97. The number of aliphatic imine (C=N–C) groups is 1. The minimum Gasteiger partial charge on any atom is -0.299 e. The van der Waals surface area contributed by atoms with Gasteiger partial charge < -0.3 is 0 Å². The third kappa shape index (κ3) is 2.00. The minimum absolute atomic E-state index is 0.167. The van der Waals surface area contributed by atoms with Gasteiger partial charge >= 0.3 is 0 Å². The van der Waals surface area contributed by atoms with Crippen LogP contribution in [0.25, 0.3) is 0 Å². The van der Waals surface area contributed by atoms with Crippen LogP contribution in [0.5, 0.6) is 0 Å². The van der Waals surface area contributed by atoms with Crippen LogP contribution in [0.3, 0.4) is 0 Å². The Bertz CT molecular complexity index is 734. The molecule has 0 bridgehead atoms. The Morgan fingerprint density at radius 2 is 2.00 bits per heavy atom. The third-order valence-corrected chi connectivity index (χ3v) is 4.40. The quantitative estimate of drug-likeness (QED) is 0.813. The predicted octanol–water partition coefficient (Wildman–Crippen LogP) is 2.98. The summed E-state index contributed by atoms with van der Waals surface area (Å²) in [5.74, 6) is 0.589. The molecule has 1 aliphatic heterocycles. The topological polar surface area (TPSA) is 60.1 Å². The van der Waals surface area contributed by atoms with Crippen LogP contribution >= 0.6 is 11.6 Å². The Hall–Kier alpha value is -2.01. The lowest BCUT2D eigenvalue weighted by molar-refractivity contribution is -0.122. The molecule has 5 nitrogen and oxygen atoms in total. The van der Waals surface area contributed by atoms with Crippen LogP contribution in [0, 0.1) is 5.92 Å². The van der Waals surface area contributed by atoms with E-state index in [1.165, 1.54) is 6.33 Å².